The fourth-order valence-corrected chi connectivity index (χ4v) is 3.89. The van der Waals surface area contributed by atoms with Crippen molar-refractivity contribution in [2.45, 2.75) is 26.6 Å². The number of benzene rings is 2. The summed E-state index contributed by atoms with van der Waals surface area (Å²) in [5.41, 5.74) is 7.23. The average molecular weight is 452 g/mol. The van der Waals surface area contributed by atoms with Crippen LogP contribution in [0.25, 0.3) is 10.9 Å². The lowest BCUT2D eigenvalue weighted by molar-refractivity contribution is 0.0375. The maximum atomic E-state index is 5.85. The molecule has 8 nitrogen and oxygen atoms in total. The van der Waals surface area contributed by atoms with Crippen LogP contribution in [0.5, 0.6) is 11.5 Å². The second-order valence-corrected chi connectivity index (χ2v) is 8.14. The topological polar surface area (TPSA) is 83.1 Å². The molecule has 3 N–H and O–H groups in total. The Kier molecular flexibility index (Phi) is 7.49. The molecule has 3 aromatic rings. The summed E-state index contributed by atoms with van der Waals surface area (Å²) in [4.78, 5) is 16.2. The molecule has 176 valence electrons. The summed E-state index contributed by atoms with van der Waals surface area (Å²) in [6.07, 6.45) is 1.59. The zero-order valence-electron chi connectivity index (χ0n) is 19.8. The first-order valence-corrected chi connectivity index (χ1v) is 11.4. The second kappa shape index (κ2) is 10.7. The number of fused-ring (bicyclic) bond motifs is 1. The van der Waals surface area contributed by atoms with Crippen molar-refractivity contribution < 1.29 is 14.3 Å². The van der Waals surface area contributed by atoms with Crippen molar-refractivity contribution in [1.29, 1.82) is 0 Å². The molecule has 0 amide bonds. The van der Waals surface area contributed by atoms with Crippen molar-refractivity contribution in [3.05, 3.63) is 59.3 Å². The van der Waals surface area contributed by atoms with Crippen molar-refractivity contribution >= 4 is 16.7 Å². The third-order valence-corrected chi connectivity index (χ3v) is 5.46. The Morgan fingerprint density at radius 1 is 1.09 bits per heavy atom. The molecule has 0 spiro atoms. The van der Waals surface area contributed by atoms with Crippen LogP contribution in [0.4, 0.5) is 0 Å². The van der Waals surface area contributed by atoms with E-state index in [0.29, 0.717) is 24.8 Å². The zero-order chi connectivity index (χ0) is 23.2. The molecule has 33 heavy (non-hydrogen) atoms. The van der Waals surface area contributed by atoms with Gasteiger partial charge in [-0.25, -0.2) is 15.3 Å². The molecule has 0 bridgehead atoms. The maximum absolute atomic E-state index is 5.85. The fraction of sp³-hybridized carbons (Fsp3) is 0.400. The minimum atomic E-state index is -0.467. The van der Waals surface area contributed by atoms with Crippen LogP contribution in [-0.2, 0) is 11.4 Å². The highest BCUT2D eigenvalue weighted by Gasteiger charge is 2.24. The Hall–Kier alpha value is -3.07. The first-order valence-electron chi connectivity index (χ1n) is 11.4. The lowest BCUT2D eigenvalue weighted by Crippen LogP contribution is -2.26. The van der Waals surface area contributed by atoms with E-state index in [9.17, 15) is 0 Å². The van der Waals surface area contributed by atoms with Crippen molar-refractivity contribution in [2.24, 2.45) is 4.99 Å². The van der Waals surface area contributed by atoms with Crippen LogP contribution in [0, 0.1) is 0 Å². The highest BCUT2D eigenvalue weighted by Crippen LogP contribution is 2.34. The number of hydroxylamine groups is 1. The lowest BCUT2D eigenvalue weighted by Gasteiger charge is -2.13. The van der Waals surface area contributed by atoms with Gasteiger partial charge in [-0.2, -0.15) is 0 Å². The molecule has 8 heteroatoms. The van der Waals surface area contributed by atoms with Crippen LogP contribution in [0.2, 0.25) is 0 Å². The van der Waals surface area contributed by atoms with Gasteiger partial charge in [-0.15, -0.1) is 0 Å². The fourth-order valence-electron chi connectivity index (χ4n) is 3.89. The molecular formula is C25H33N5O3. The summed E-state index contributed by atoms with van der Waals surface area (Å²) in [6.45, 7) is 7.74. The summed E-state index contributed by atoms with van der Waals surface area (Å²) in [6, 6.07) is 12.0. The quantitative estimate of drug-likeness (QED) is 0.387. The van der Waals surface area contributed by atoms with E-state index in [1.807, 2.05) is 38.1 Å². The standard InChI is InChI=1S/C25H33N5O3/c1-5-31-21-11-10-17(14-22(21)32-6-2)25-28-24(29-33-25)19-8-7-9-20-23(19)18(16-27-20)15-26-12-13-30(3)4/h7-11,14,16,25-27H,5-6,12-13,15H2,1-4H3,(H,28,29). The van der Waals surface area contributed by atoms with Gasteiger partial charge in [-0.3, -0.25) is 0 Å². The van der Waals surface area contributed by atoms with Crippen molar-refractivity contribution in [2.75, 3.05) is 40.4 Å². The molecular weight excluding hydrogens is 418 g/mol. The van der Waals surface area contributed by atoms with E-state index < -0.39 is 6.23 Å². The summed E-state index contributed by atoms with van der Waals surface area (Å²) in [7, 11) is 4.15. The third-order valence-electron chi connectivity index (χ3n) is 5.46. The Morgan fingerprint density at radius 3 is 2.70 bits per heavy atom. The van der Waals surface area contributed by atoms with Gasteiger partial charge in [0.1, 0.15) is 0 Å². The summed E-state index contributed by atoms with van der Waals surface area (Å²) in [5, 5.41) is 4.66. The van der Waals surface area contributed by atoms with E-state index in [1.54, 1.807) is 0 Å². The number of H-pyrrole nitrogens is 1. The number of likely N-dealkylation sites (N-methyl/N-ethyl adjacent to an activating group) is 1. The highest BCUT2D eigenvalue weighted by molar-refractivity contribution is 6.10. The van der Waals surface area contributed by atoms with Gasteiger partial charge in [-0.05, 0) is 51.7 Å². The van der Waals surface area contributed by atoms with Gasteiger partial charge in [0.25, 0.3) is 0 Å². The van der Waals surface area contributed by atoms with Crippen molar-refractivity contribution in [3.8, 4) is 11.5 Å². The normalized spacial score (nSPS) is 15.7. The molecule has 1 aliphatic heterocycles. The molecule has 1 aliphatic rings. The Morgan fingerprint density at radius 2 is 1.91 bits per heavy atom. The Balaban J connectivity index is 1.58. The van der Waals surface area contributed by atoms with Crippen molar-refractivity contribution in [3.63, 3.8) is 0 Å². The first-order chi connectivity index (χ1) is 16.1. The molecule has 0 saturated carbocycles. The molecule has 4 rings (SSSR count). The monoisotopic (exact) mass is 451 g/mol. The number of hydrogen-bond donors (Lipinski definition) is 3. The lowest BCUT2D eigenvalue weighted by atomic mass is 10.1. The summed E-state index contributed by atoms with van der Waals surface area (Å²) >= 11 is 0. The van der Waals surface area contributed by atoms with E-state index in [0.717, 1.165) is 47.4 Å². The number of hydrogen-bond acceptors (Lipinski definition) is 7. The molecule has 0 aliphatic carbocycles. The smallest absolute Gasteiger partial charge is 0.202 e. The van der Waals surface area contributed by atoms with E-state index in [4.69, 9.17) is 19.3 Å². The molecule has 1 atom stereocenters. The van der Waals surface area contributed by atoms with Crippen LogP contribution < -0.4 is 20.3 Å². The maximum Gasteiger partial charge on any atom is 0.202 e. The Labute approximate surface area is 194 Å². The van der Waals surface area contributed by atoms with Gasteiger partial charge in [0, 0.05) is 47.9 Å². The molecule has 2 heterocycles. The number of ether oxygens (including phenoxy) is 2. The largest absolute Gasteiger partial charge is 0.490 e. The molecule has 1 unspecified atom stereocenters. The molecule has 2 aromatic carbocycles. The minimum Gasteiger partial charge on any atom is -0.490 e. The number of aromatic nitrogens is 1. The van der Waals surface area contributed by atoms with E-state index in [-0.39, 0.29) is 0 Å². The number of aromatic amines is 1. The van der Waals surface area contributed by atoms with Crippen LogP contribution in [0.1, 0.15) is 36.8 Å². The number of rotatable bonds is 11. The highest BCUT2D eigenvalue weighted by atomic mass is 16.7. The van der Waals surface area contributed by atoms with Gasteiger partial charge in [0.05, 0.1) is 13.2 Å². The molecule has 0 radical (unpaired) electrons. The van der Waals surface area contributed by atoms with Crippen molar-refractivity contribution in [1.82, 2.24) is 20.7 Å². The van der Waals surface area contributed by atoms with Gasteiger partial charge in [0.2, 0.25) is 6.23 Å². The number of amidine groups is 1. The summed E-state index contributed by atoms with van der Waals surface area (Å²) < 4.78 is 11.4. The molecule has 0 saturated heterocycles. The SMILES string of the molecule is CCOc1ccc(C2N=C(c3cccc4[nH]cc(CNCCN(C)C)c34)NO2)cc1OCC. The van der Waals surface area contributed by atoms with E-state index in [1.165, 1.54) is 5.56 Å². The van der Waals surface area contributed by atoms with Crippen LogP contribution >= 0.6 is 0 Å². The number of aliphatic imine (C=N–C) groups is 1. The number of nitrogens with zero attached hydrogens (tertiary/aromatic N) is 2. The van der Waals surface area contributed by atoms with Gasteiger partial charge >= 0.3 is 0 Å². The van der Waals surface area contributed by atoms with E-state index in [2.05, 4.69) is 53.1 Å². The van der Waals surface area contributed by atoms with E-state index >= 15 is 0 Å². The van der Waals surface area contributed by atoms with Gasteiger partial charge in [0.15, 0.2) is 17.3 Å². The average Bonchev–Trinajstić information content (AvgIpc) is 3.46. The van der Waals surface area contributed by atoms with Crippen LogP contribution in [0.15, 0.2) is 47.6 Å². The molecule has 1 aromatic heterocycles. The van der Waals surface area contributed by atoms with Gasteiger partial charge in [-0.1, -0.05) is 18.2 Å². The predicted octanol–water partition coefficient (Wildman–Crippen LogP) is 3.60. The van der Waals surface area contributed by atoms with Gasteiger partial charge < -0.3 is 24.7 Å². The van der Waals surface area contributed by atoms with Crippen LogP contribution in [0.3, 0.4) is 0 Å². The second-order valence-electron chi connectivity index (χ2n) is 8.14. The van der Waals surface area contributed by atoms with Crippen LogP contribution in [-0.4, -0.2) is 56.1 Å². The third kappa shape index (κ3) is 5.30. The predicted molar refractivity (Wildman–Crippen MR) is 131 cm³/mol. The summed E-state index contributed by atoms with van der Waals surface area (Å²) in [5.74, 6) is 2.14. The molecule has 0 fully saturated rings. The number of nitrogens with one attached hydrogen (secondary N) is 3. The first kappa shape index (κ1) is 23.1. The Bertz CT molecular complexity index is 1110. The zero-order valence-corrected chi connectivity index (χ0v) is 19.8. The minimum absolute atomic E-state index is 0.467.